The van der Waals surface area contributed by atoms with E-state index in [0.717, 1.165) is 23.1 Å². The van der Waals surface area contributed by atoms with Crippen LogP contribution in [0.4, 0.5) is 0 Å². The van der Waals surface area contributed by atoms with Gasteiger partial charge in [-0.05, 0) is 36.8 Å². The summed E-state index contributed by atoms with van der Waals surface area (Å²) in [5, 5.41) is 9.76. The van der Waals surface area contributed by atoms with Crippen molar-refractivity contribution in [3.63, 3.8) is 0 Å². The molecular formula is C20H17N3O3S2. The van der Waals surface area contributed by atoms with E-state index in [-0.39, 0.29) is 16.0 Å². The van der Waals surface area contributed by atoms with Crippen molar-refractivity contribution >= 4 is 21.6 Å². The van der Waals surface area contributed by atoms with E-state index in [2.05, 4.69) is 4.98 Å². The van der Waals surface area contributed by atoms with Gasteiger partial charge < -0.3 is 0 Å². The summed E-state index contributed by atoms with van der Waals surface area (Å²) in [6.07, 6.45) is 2.56. The van der Waals surface area contributed by atoms with Crippen molar-refractivity contribution in [1.82, 2.24) is 9.55 Å². The van der Waals surface area contributed by atoms with Gasteiger partial charge in [0.1, 0.15) is 17.4 Å². The zero-order valence-corrected chi connectivity index (χ0v) is 16.9. The third-order valence-electron chi connectivity index (χ3n) is 4.05. The SMILES string of the molecule is Cc1ccc(-n2cnc(SCc3ccc(S(C)(=O)=O)c(C#N)c3)cc2=O)cc1. The highest BCUT2D eigenvalue weighted by molar-refractivity contribution is 7.98. The minimum atomic E-state index is -3.45. The molecule has 0 amide bonds. The summed E-state index contributed by atoms with van der Waals surface area (Å²) in [6.45, 7) is 1.98. The molecule has 0 fully saturated rings. The van der Waals surface area contributed by atoms with Crippen molar-refractivity contribution in [2.45, 2.75) is 22.6 Å². The summed E-state index contributed by atoms with van der Waals surface area (Å²) < 4.78 is 24.9. The normalized spacial score (nSPS) is 11.2. The van der Waals surface area contributed by atoms with Gasteiger partial charge in [-0.25, -0.2) is 13.4 Å². The van der Waals surface area contributed by atoms with Crippen LogP contribution in [0.15, 0.2) is 69.6 Å². The highest BCUT2D eigenvalue weighted by atomic mass is 32.2. The molecule has 8 heteroatoms. The third-order valence-corrected chi connectivity index (χ3v) is 6.20. The van der Waals surface area contributed by atoms with Gasteiger partial charge in [0.05, 0.1) is 16.1 Å². The van der Waals surface area contributed by atoms with Crippen LogP contribution in [0, 0.1) is 18.3 Å². The predicted octanol–water partition coefficient (Wildman–Crippen LogP) is 3.11. The molecule has 0 spiro atoms. The number of nitriles is 1. The van der Waals surface area contributed by atoms with Crippen LogP contribution >= 0.6 is 11.8 Å². The molecule has 28 heavy (non-hydrogen) atoms. The molecule has 0 aliphatic heterocycles. The summed E-state index contributed by atoms with van der Waals surface area (Å²) >= 11 is 1.34. The largest absolute Gasteiger partial charge is 0.269 e. The van der Waals surface area contributed by atoms with Gasteiger partial charge in [-0.1, -0.05) is 23.8 Å². The standard InChI is InChI=1S/C20H17N3O3S2/c1-14-3-6-17(7-4-14)23-13-22-19(10-20(23)24)27-12-15-5-8-18(28(2,25)26)16(9-15)11-21/h3-10,13H,12H2,1-2H3. The average molecular weight is 412 g/mol. The Balaban J connectivity index is 1.78. The number of hydrogen-bond donors (Lipinski definition) is 0. The first-order chi connectivity index (χ1) is 13.3. The maximum absolute atomic E-state index is 12.4. The van der Waals surface area contributed by atoms with Crippen molar-refractivity contribution in [2.24, 2.45) is 0 Å². The molecule has 0 atom stereocenters. The van der Waals surface area contributed by atoms with Gasteiger partial charge in [0.15, 0.2) is 9.84 Å². The van der Waals surface area contributed by atoms with Gasteiger partial charge in [0.25, 0.3) is 5.56 Å². The first-order valence-corrected chi connectivity index (χ1v) is 11.2. The first kappa shape index (κ1) is 19.9. The molecule has 2 aromatic carbocycles. The Morgan fingerprint density at radius 3 is 2.46 bits per heavy atom. The minimum Gasteiger partial charge on any atom is -0.269 e. The van der Waals surface area contributed by atoms with Gasteiger partial charge in [-0.3, -0.25) is 9.36 Å². The minimum absolute atomic E-state index is 0.0163. The lowest BCUT2D eigenvalue weighted by atomic mass is 10.1. The molecule has 0 bridgehead atoms. The molecule has 0 N–H and O–H groups in total. The fourth-order valence-corrected chi connectivity index (χ4v) is 4.22. The van der Waals surface area contributed by atoms with E-state index >= 15 is 0 Å². The second-order valence-corrected chi connectivity index (χ2v) is 9.25. The van der Waals surface area contributed by atoms with Gasteiger partial charge in [0, 0.05) is 18.1 Å². The van der Waals surface area contributed by atoms with Crippen LogP contribution in [0.1, 0.15) is 16.7 Å². The molecule has 1 heterocycles. The molecule has 142 valence electrons. The van der Waals surface area contributed by atoms with Gasteiger partial charge in [-0.2, -0.15) is 5.26 Å². The molecule has 0 saturated heterocycles. The van der Waals surface area contributed by atoms with Crippen LogP contribution in [0.5, 0.6) is 0 Å². The molecule has 1 aromatic heterocycles. The van der Waals surface area contributed by atoms with Crippen LogP contribution in [-0.4, -0.2) is 24.2 Å². The number of nitrogens with zero attached hydrogens (tertiary/aromatic N) is 3. The second-order valence-electron chi connectivity index (χ2n) is 6.27. The number of hydrogen-bond acceptors (Lipinski definition) is 6. The van der Waals surface area contributed by atoms with Crippen LogP contribution in [0.3, 0.4) is 0 Å². The van der Waals surface area contributed by atoms with Gasteiger partial charge in [0.2, 0.25) is 0 Å². The zero-order valence-electron chi connectivity index (χ0n) is 15.3. The first-order valence-electron chi connectivity index (χ1n) is 8.29. The highest BCUT2D eigenvalue weighted by Gasteiger charge is 2.14. The van der Waals surface area contributed by atoms with Crippen LogP contribution in [0.25, 0.3) is 5.69 Å². The molecule has 0 saturated carbocycles. The number of benzene rings is 2. The van der Waals surface area contributed by atoms with E-state index < -0.39 is 9.84 Å². The molecular weight excluding hydrogens is 394 g/mol. The number of thioether (sulfide) groups is 1. The molecule has 0 aliphatic carbocycles. The Morgan fingerprint density at radius 2 is 1.86 bits per heavy atom. The Kier molecular flexibility index (Phi) is 5.68. The number of aryl methyl sites for hydroxylation is 1. The fraction of sp³-hybridized carbons (Fsp3) is 0.150. The maximum Gasteiger partial charge on any atom is 0.258 e. The molecule has 0 aliphatic rings. The molecule has 0 radical (unpaired) electrons. The number of sulfone groups is 1. The topological polar surface area (TPSA) is 92.8 Å². The van der Waals surface area contributed by atoms with E-state index in [9.17, 15) is 18.5 Å². The average Bonchev–Trinajstić information content (AvgIpc) is 2.66. The van der Waals surface area contributed by atoms with Crippen LogP contribution < -0.4 is 5.56 Å². The van der Waals surface area contributed by atoms with Crippen LogP contribution in [-0.2, 0) is 15.6 Å². The molecule has 3 aromatic rings. The fourth-order valence-electron chi connectivity index (χ4n) is 2.60. The summed E-state index contributed by atoms with van der Waals surface area (Å²) in [5.74, 6) is 0.458. The van der Waals surface area contributed by atoms with Crippen molar-refractivity contribution in [3.8, 4) is 11.8 Å². The maximum atomic E-state index is 12.4. The monoisotopic (exact) mass is 411 g/mol. The van der Waals surface area contributed by atoms with E-state index in [1.807, 2.05) is 37.3 Å². The second kappa shape index (κ2) is 8.00. The Hall–Kier alpha value is -2.89. The number of aromatic nitrogens is 2. The quantitative estimate of drug-likeness (QED) is 0.473. The lowest BCUT2D eigenvalue weighted by Gasteiger charge is -2.08. The van der Waals surface area contributed by atoms with E-state index in [0.29, 0.717) is 10.8 Å². The summed E-state index contributed by atoms with van der Waals surface area (Å²) in [4.78, 5) is 16.7. The lowest BCUT2D eigenvalue weighted by molar-refractivity contribution is 0.601. The van der Waals surface area contributed by atoms with Crippen LogP contribution in [0.2, 0.25) is 0 Å². The zero-order chi connectivity index (χ0) is 20.3. The molecule has 0 unspecified atom stereocenters. The third kappa shape index (κ3) is 4.50. The molecule has 6 nitrogen and oxygen atoms in total. The smallest absolute Gasteiger partial charge is 0.258 e. The van der Waals surface area contributed by atoms with Crippen molar-refractivity contribution < 1.29 is 8.42 Å². The Bertz CT molecular complexity index is 1220. The van der Waals surface area contributed by atoms with E-state index in [1.54, 1.807) is 12.1 Å². The molecule has 3 rings (SSSR count). The highest BCUT2D eigenvalue weighted by Crippen LogP contribution is 2.23. The summed E-state index contributed by atoms with van der Waals surface area (Å²) in [7, 11) is -3.45. The predicted molar refractivity (Wildman–Crippen MR) is 108 cm³/mol. The van der Waals surface area contributed by atoms with Crippen molar-refractivity contribution in [2.75, 3.05) is 6.26 Å². The lowest BCUT2D eigenvalue weighted by Crippen LogP contribution is -2.17. The van der Waals surface area contributed by atoms with Gasteiger partial charge in [-0.15, -0.1) is 11.8 Å². The summed E-state index contributed by atoms with van der Waals surface area (Å²) in [6, 6.07) is 15.6. The van der Waals surface area contributed by atoms with Crippen molar-refractivity contribution in [3.05, 3.63) is 81.9 Å². The Labute approximate surface area is 167 Å². The van der Waals surface area contributed by atoms with E-state index in [4.69, 9.17) is 0 Å². The van der Waals surface area contributed by atoms with Crippen molar-refractivity contribution in [1.29, 1.82) is 5.26 Å². The number of rotatable bonds is 5. The van der Waals surface area contributed by atoms with E-state index in [1.165, 1.54) is 34.8 Å². The van der Waals surface area contributed by atoms with Gasteiger partial charge >= 0.3 is 0 Å². The summed E-state index contributed by atoms with van der Waals surface area (Å²) in [5.41, 5.74) is 2.55. The Morgan fingerprint density at radius 1 is 1.14 bits per heavy atom.